The molecule has 0 saturated heterocycles. The first-order valence-corrected chi connectivity index (χ1v) is 5.01. The smallest absolute Gasteiger partial charge is 0.123 e. The van der Waals surface area contributed by atoms with Gasteiger partial charge in [-0.25, -0.2) is 0 Å². The molecule has 2 nitrogen and oxygen atoms in total. The van der Waals surface area contributed by atoms with Crippen molar-refractivity contribution in [1.29, 1.82) is 0 Å². The van der Waals surface area contributed by atoms with Crippen molar-refractivity contribution in [2.45, 2.75) is 26.3 Å². The van der Waals surface area contributed by atoms with Gasteiger partial charge in [0.1, 0.15) is 5.75 Å². The van der Waals surface area contributed by atoms with Gasteiger partial charge in [-0.15, -0.1) is 0 Å². The fraction of sp³-hybridized carbons (Fsp3) is 0.455. The summed E-state index contributed by atoms with van der Waals surface area (Å²) in [4.78, 5) is 0. The molecule has 0 amide bonds. The van der Waals surface area contributed by atoms with E-state index in [0.29, 0.717) is 0 Å². The van der Waals surface area contributed by atoms with Crippen LogP contribution < -0.4 is 10.5 Å². The summed E-state index contributed by atoms with van der Waals surface area (Å²) in [5, 5.41) is 0.736. The van der Waals surface area contributed by atoms with Crippen LogP contribution in [-0.2, 0) is 6.42 Å². The second-order valence-electron chi connectivity index (χ2n) is 3.59. The minimum Gasteiger partial charge on any atom is -0.496 e. The first kappa shape index (κ1) is 11.3. The summed E-state index contributed by atoms with van der Waals surface area (Å²) in [6.07, 6.45) is 0.816. The van der Waals surface area contributed by atoms with Crippen LogP contribution >= 0.6 is 11.6 Å². The van der Waals surface area contributed by atoms with Gasteiger partial charge in [0, 0.05) is 16.6 Å². The molecular formula is C11H16ClNO. The van der Waals surface area contributed by atoms with Crippen molar-refractivity contribution in [3.05, 3.63) is 28.3 Å². The highest BCUT2D eigenvalue weighted by atomic mass is 35.5. The maximum absolute atomic E-state index is 6.06. The summed E-state index contributed by atoms with van der Waals surface area (Å²) < 4.78 is 5.22. The molecule has 0 aliphatic heterocycles. The van der Waals surface area contributed by atoms with E-state index in [9.17, 15) is 0 Å². The lowest BCUT2D eigenvalue weighted by Gasteiger charge is -2.11. The van der Waals surface area contributed by atoms with E-state index in [1.165, 1.54) is 0 Å². The lowest BCUT2D eigenvalue weighted by molar-refractivity contribution is 0.411. The fourth-order valence-corrected chi connectivity index (χ4v) is 1.64. The number of rotatable bonds is 3. The Balaban J connectivity index is 3.03. The van der Waals surface area contributed by atoms with Gasteiger partial charge in [-0.1, -0.05) is 11.6 Å². The predicted molar refractivity (Wildman–Crippen MR) is 60.1 cm³/mol. The zero-order chi connectivity index (χ0) is 10.7. The van der Waals surface area contributed by atoms with Crippen molar-refractivity contribution in [2.75, 3.05) is 7.11 Å². The first-order valence-electron chi connectivity index (χ1n) is 4.63. The van der Waals surface area contributed by atoms with Gasteiger partial charge in [-0.3, -0.25) is 0 Å². The van der Waals surface area contributed by atoms with E-state index in [4.69, 9.17) is 22.1 Å². The Morgan fingerprint density at radius 1 is 1.50 bits per heavy atom. The Morgan fingerprint density at radius 2 is 2.14 bits per heavy atom. The molecule has 0 bridgehead atoms. The number of hydrogen-bond acceptors (Lipinski definition) is 2. The summed E-state index contributed by atoms with van der Waals surface area (Å²) in [5.41, 5.74) is 7.81. The predicted octanol–water partition coefficient (Wildman–Crippen LogP) is 2.55. The first-order chi connectivity index (χ1) is 6.54. The van der Waals surface area contributed by atoms with Gasteiger partial charge in [-0.2, -0.15) is 0 Å². The van der Waals surface area contributed by atoms with Crippen molar-refractivity contribution in [3.8, 4) is 5.75 Å². The maximum atomic E-state index is 6.06. The largest absolute Gasteiger partial charge is 0.496 e. The third-order valence-corrected chi connectivity index (χ3v) is 2.53. The molecular weight excluding hydrogens is 198 g/mol. The molecule has 2 N–H and O–H groups in total. The van der Waals surface area contributed by atoms with Crippen molar-refractivity contribution in [1.82, 2.24) is 0 Å². The van der Waals surface area contributed by atoms with Gasteiger partial charge < -0.3 is 10.5 Å². The number of benzene rings is 1. The Morgan fingerprint density at radius 3 is 2.64 bits per heavy atom. The normalized spacial score (nSPS) is 12.6. The van der Waals surface area contributed by atoms with E-state index in [1.54, 1.807) is 7.11 Å². The molecule has 78 valence electrons. The summed E-state index contributed by atoms with van der Waals surface area (Å²) in [7, 11) is 1.65. The molecule has 1 unspecified atom stereocenters. The number of hydrogen-bond donors (Lipinski definition) is 1. The van der Waals surface area contributed by atoms with Crippen LogP contribution in [-0.4, -0.2) is 13.2 Å². The van der Waals surface area contributed by atoms with Crippen LogP contribution in [0.3, 0.4) is 0 Å². The quantitative estimate of drug-likeness (QED) is 0.838. The zero-order valence-electron chi connectivity index (χ0n) is 8.80. The Hall–Kier alpha value is -0.730. The van der Waals surface area contributed by atoms with Gasteiger partial charge in [0.25, 0.3) is 0 Å². The highest BCUT2D eigenvalue weighted by Crippen LogP contribution is 2.27. The molecule has 0 spiro atoms. The van der Waals surface area contributed by atoms with E-state index in [-0.39, 0.29) is 6.04 Å². The van der Waals surface area contributed by atoms with Crippen molar-refractivity contribution < 1.29 is 4.74 Å². The van der Waals surface area contributed by atoms with Crippen LogP contribution in [0.2, 0.25) is 5.02 Å². The van der Waals surface area contributed by atoms with Gasteiger partial charge in [0.2, 0.25) is 0 Å². The Bertz CT molecular complexity index is 323. The van der Waals surface area contributed by atoms with Gasteiger partial charge in [-0.05, 0) is 38.0 Å². The number of nitrogens with two attached hydrogens (primary N) is 1. The van der Waals surface area contributed by atoms with E-state index >= 15 is 0 Å². The van der Waals surface area contributed by atoms with Gasteiger partial charge >= 0.3 is 0 Å². The molecule has 0 aliphatic carbocycles. The topological polar surface area (TPSA) is 35.2 Å². The number of halogens is 1. The van der Waals surface area contributed by atoms with E-state index in [1.807, 2.05) is 26.0 Å². The van der Waals surface area contributed by atoms with Crippen LogP contribution in [0.5, 0.6) is 5.75 Å². The van der Waals surface area contributed by atoms with Crippen molar-refractivity contribution in [3.63, 3.8) is 0 Å². The van der Waals surface area contributed by atoms with E-state index in [2.05, 4.69) is 0 Å². The second kappa shape index (κ2) is 4.67. The average molecular weight is 214 g/mol. The lowest BCUT2D eigenvalue weighted by Crippen LogP contribution is -2.17. The molecule has 1 atom stereocenters. The second-order valence-corrected chi connectivity index (χ2v) is 3.99. The molecule has 0 saturated carbocycles. The van der Waals surface area contributed by atoms with Gasteiger partial charge in [0.05, 0.1) is 7.11 Å². The summed E-state index contributed by atoms with van der Waals surface area (Å²) in [6, 6.07) is 4.08. The molecule has 0 aromatic heterocycles. The minimum atomic E-state index is 0.137. The Labute approximate surface area is 90.0 Å². The van der Waals surface area contributed by atoms with E-state index < -0.39 is 0 Å². The van der Waals surface area contributed by atoms with Crippen LogP contribution in [0, 0.1) is 6.92 Å². The zero-order valence-corrected chi connectivity index (χ0v) is 9.56. The third kappa shape index (κ3) is 2.63. The molecule has 0 radical (unpaired) electrons. The number of ether oxygens (including phenoxy) is 1. The SMILES string of the molecule is COc1cc(CC(C)N)cc(Cl)c1C. The van der Waals surface area contributed by atoms with E-state index in [0.717, 1.165) is 28.3 Å². The van der Waals surface area contributed by atoms with Crippen LogP contribution in [0.1, 0.15) is 18.1 Å². The molecule has 14 heavy (non-hydrogen) atoms. The van der Waals surface area contributed by atoms with Gasteiger partial charge in [0.15, 0.2) is 0 Å². The molecule has 0 heterocycles. The molecule has 0 aliphatic rings. The maximum Gasteiger partial charge on any atom is 0.123 e. The van der Waals surface area contributed by atoms with Crippen molar-refractivity contribution in [2.24, 2.45) is 5.73 Å². The Kier molecular flexibility index (Phi) is 3.78. The van der Waals surface area contributed by atoms with Crippen LogP contribution in [0.25, 0.3) is 0 Å². The fourth-order valence-electron chi connectivity index (χ4n) is 1.41. The standard InChI is InChI=1S/C11H16ClNO/c1-7(13)4-9-5-10(12)8(2)11(6-9)14-3/h5-7H,4,13H2,1-3H3. The summed E-state index contributed by atoms with van der Waals surface area (Å²) in [6.45, 7) is 3.91. The lowest BCUT2D eigenvalue weighted by atomic mass is 10.1. The third-order valence-electron chi connectivity index (χ3n) is 2.13. The average Bonchev–Trinajstić information content (AvgIpc) is 2.10. The van der Waals surface area contributed by atoms with Crippen LogP contribution in [0.15, 0.2) is 12.1 Å². The highest BCUT2D eigenvalue weighted by molar-refractivity contribution is 6.31. The highest BCUT2D eigenvalue weighted by Gasteiger charge is 2.07. The number of methoxy groups -OCH3 is 1. The molecule has 0 fully saturated rings. The van der Waals surface area contributed by atoms with Crippen LogP contribution in [0.4, 0.5) is 0 Å². The molecule has 1 aromatic rings. The summed E-state index contributed by atoms with van der Waals surface area (Å²) in [5.74, 6) is 0.827. The molecule has 3 heteroatoms. The monoisotopic (exact) mass is 213 g/mol. The molecule has 1 rings (SSSR count). The van der Waals surface area contributed by atoms with Crippen molar-refractivity contribution >= 4 is 11.6 Å². The minimum absolute atomic E-state index is 0.137. The summed E-state index contributed by atoms with van der Waals surface area (Å²) >= 11 is 6.06. The molecule has 1 aromatic carbocycles.